The lowest BCUT2D eigenvalue weighted by molar-refractivity contribution is 0.237. The Morgan fingerprint density at radius 2 is 1.62 bits per heavy atom. The molecule has 2 aliphatic rings. The predicted octanol–water partition coefficient (Wildman–Crippen LogP) is 4.38. The molecule has 4 rings (SSSR count). The van der Waals surface area contributed by atoms with Gasteiger partial charge >= 0.3 is 0 Å². The van der Waals surface area contributed by atoms with Crippen molar-refractivity contribution in [2.45, 2.75) is 16.7 Å². The summed E-state index contributed by atoms with van der Waals surface area (Å²) >= 11 is 1.82. The highest BCUT2D eigenvalue weighted by Crippen LogP contribution is 2.40. The number of hydrogen-bond acceptors (Lipinski definition) is 4. The SMILES string of the molecule is C/C=C\N1CCN(C2=Nc3ccccc3Sc3ccccc32)CC1. The minimum absolute atomic E-state index is 1.00. The quantitative estimate of drug-likeness (QED) is 0.771. The Balaban J connectivity index is 1.72. The second-order valence-corrected chi connectivity index (χ2v) is 7.09. The molecule has 2 heterocycles. The number of nitrogens with zero attached hydrogens (tertiary/aromatic N) is 3. The van der Waals surface area contributed by atoms with E-state index in [0.29, 0.717) is 0 Å². The molecule has 0 unspecified atom stereocenters. The zero-order valence-electron chi connectivity index (χ0n) is 13.9. The van der Waals surface area contributed by atoms with Gasteiger partial charge in [-0.05, 0) is 31.3 Å². The second-order valence-electron chi connectivity index (χ2n) is 6.01. The van der Waals surface area contributed by atoms with Gasteiger partial charge < -0.3 is 9.80 Å². The van der Waals surface area contributed by atoms with E-state index < -0.39 is 0 Å². The molecule has 2 aliphatic heterocycles. The number of fused-ring (bicyclic) bond motifs is 2. The van der Waals surface area contributed by atoms with Crippen molar-refractivity contribution in [1.29, 1.82) is 0 Å². The number of hydrogen-bond donors (Lipinski definition) is 0. The lowest BCUT2D eigenvalue weighted by atomic mass is 10.1. The van der Waals surface area contributed by atoms with Gasteiger partial charge in [0, 0.05) is 41.5 Å². The molecule has 0 spiro atoms. The molecule has 0 aromatic heterocycles. The molecule has 3 nitrogen and oxygen atoms in total. The fraction of sp³-hybridized carbons (Fsp3) is 0.250. The summed E-state index contributed by atoms with van der Waals surface area (Å²) in [7, 11) is 0. The highest BCUT2D eigenvalue weighted by molar-refractivity contribution is 7.99. The van der Waals surface area contributed by atoms with Gasteiger partial charge in [-0.1, -0.05) is 48.2 Å². The van der Waals surface area contributed by atoms with Crippen LogP contribution >= 0.6 is 11.8 Å². The maximum absolute atomic E-state index is 5.06. The van der Waals surface area contributed by atoms with Gasteiger partial charge in [0.1, 0.15) is 5.84 Å². The average molecular weight is 335 g/mol. The number of para-hydroxylation sites is 1. The number of aliphatic imine (C=N–C) groups is 1. The number of allylic oxidation sites excluding steroid dienone is 1. The molecule has 24 heavy (non-hydrogen) atoms. The number of rotatable bonds is 1. The van der Waals surface area contributed by atoms with Crippen molar-refractivity contribution in [3.8, 4) is 0 Å². The van der Waals surface area contributed by atoms with Gasteiger partial charge in [-0.2, -0.15) is 0 Å². The first-order valence-electron chi connectivity index (χ1n) is 8.42. The molecule has 4 heteroatoms. The van der Waals surface area contributed by atoms with Crippen molar-refractivity contribution in [1.82, 2.24) is 9.80 Å². The van der Waals surface area contributed by atoms with Crippen molar-refractivity contribution < 1.29 is 0 Å². The maximum Gasteiger partial charge on any atom is 0.137 e. The summed E-state index contributed by atoms with van der Waals surface area (Å²) < 4.78 is 0. The summed E-state index contributed by atoms with van der Waals surface area (Å²) in [4.78, 5) is 12.4. The third-order valence-electron chi connectivity index (χ3n) is 4.41. The first kappa shape index (κ1) is 15.3. The van der Waals surface area contributed by atoms with E-state index in [4.69, 9.17) is 4.99 Å². The summed E-state index contributed by atoms with van der Waals surface area (Å²) in [6.45, 7) is 6.17. The van der Waals surface area contributed by atoms with E-state index in [1.54, 1.807) is 0 Å². The van der Waals surface area contributed by atoms with Gasteiger partial charge in [-0.25, -0.2) is 4.99 Å². The maximum atomic E-state index is 5.06. The Morgan fingerprint density at radius 1 is 0.917 bits per heavy atom. The molecule has 1 saturated heterocycles. The monoisotopic (exact) mass is 335 g/mol. The fourth-order valence-electron chi connectivity index (χ4n) is 3.20. The van der Waals surface area contributed by atoms with Crippen LogP contribution in [0.4, 0.5) is 5.69 Å². The molecule has 0 N–H and O–H groups in total. The minimum Gasteiger partial charge on any atom is -0.374 e. The molecule has 0 amide bonds. The topological polar surface area (TPSA) is 18.8 Å². The van der Waals surface area contributed by atoms with Crippen LogP contribution in [-0.2, 0) is 0 Å². The van der Waals surface area contributed by atoms with E-state index in [1.807, 2.05) is 11.8 Å². The first-order chi connectivity index (χ1) is 11.8. The fourth-order valence-corrected chi connectivity index (χ4v) is 4.22. The molecular formula is C20H21N3S. The van der Waals surface area contributed by atoms with Crippen LogP contribution in [0.1, 0.15) is 12.5 Å². The molecule has 2 aromatic rings. The van der Waals surface area contributed by atoms with Crippen LogP contribution in [0.15, 0.2) is 75.6 Å². The van der Waals surface area contributed by atoms with Gasteiger partial charge in [0.2, 0.25) is 0 Å². The summed E-state index contributed by atoms with van der Waals surface area (Å²) in [6, 6.07) is 17.1. The van der Waals surface area contributed by atoms with E-state index in [1.165, 1.54) is 15.4 Å². The average Bonchev–Trinajstić information content (AvgIpc) is 2.79. The van der Waals surface area contributed by atoms with E-state index in [2.05, 4.69) is 77.5 Å². The highest BCUT2D eigenvalue weighted by Gasteiger charge is 2.24. The van der Waals surface area contributed by atoms with Gasteiger partial charge in [0.05, 0.1) is 5.69 Å². The van der Waals surface area contributed by atoms with Crippen molar-refractivity contribution in [2.24, 2.45) is 4.99 Å². The summed E-state index contributed by atoms with van der Waals surface area (Å²) in [5.41, 5.74) is 2.32. The Labute approximate surface area is 147 Å². The normalized spacial score (nSPS) is 17.3. The molecule has 0 atom stereocenters. The van der Waals surface area contributed by atoms with Crippen LogP contribution < -0.4 is 0 Å². The summed E-state index contributed by atoms with van der Waals surface area (Å²) in [5.74, 6) is 1.11. The Hall–Kier alpha value is -2.20. The Bertz CT molecular complexity index is 789. The molecule has 1 fully saturated rings. The number of benzene rings is 2. The van der Waals surface area contributed by atoms with Crippen LogP contribution in [0.25, 0.3) is 0 Å². The molecule has 0 aliphatic carbocycles. The molecule has 0 radical (unpaired) electrons. The van der Waals surface area contributed by atoms with Crippen LogP contribution in [0.5, 0.6) is 0 Å². The van der Waals surface area contributed by atoms with E-state index in [-0.39, 0.29) is 0 Å². The van der Waals surface area contributed by atoms with Crippen molar-refractivity contribution in [3.63, 3.8) is 0 Å². The van der Waals surface area contributed by atoms with Gasteiger partial charge in [0.15, 0.2) is 0 Å². The van der Waals surface area contributed by atoms with Crippen LogP contribution in [0, 0.1) is 0 Å². The molecule has 0 bridgehead atoms. The van der Waals surface area contributed by atoms with Crippen LogP contribution in [-0.4, -0.2) is 41.8 Å². The van der Waals surface area contributed by atoms with Crippen molar-refractivity contribution in [2.75, 3.05) is 26.2 Å². The third kappa shape index (κ3) is 2.94. The largest absolute Gasteiger partial charge is 0.374 e. The van der Waals surface area contributed by atoms with Crippen molar-refractivity contribution >= 4 is 23.3 Å². The van der Waals surface area contributed by atoms with Crippen LogP contribution in [0.3, 0.4) is 0 Å². The highest BCUT2D eigenvalue weighted by atomic mass is 32.2. The number of amidine groups is 1. The summed E-state index contributed by atoms with van der Waals surface area (Å²) in [6.07, 6.45) is 4.30. The summed E-state index contributed by atoms with van der Waals surface area (Å²) in [5, 5.41) is 0. The third-order valence-corrected chi connectivity index (χ3v) is 5.55. The minimum atomic E-state index is 1.00. The van der Waals surface area contributed by atoms with E-state index in [0.717, 1.165) is 37.7 Å². The zero-order valence-corrected chi connectivity index (χ0v) is 14.7. The molecule has 122 valence electrons. The van der Waals surface area contributed by atoms with E-state index in [9.17, 15) is 0 Å². The predicted molar refractivity (Wildman–Crippen MR) is 101 cm³/mol. The van der Waals surface area contributed by atoms with Gasteiger partial charge in [-0.3, -0.25) is 0 Å². The van der Waals surface area contributed by atoms with Crippen molar-refractivity contribution in [3.05, 3.63) is 66.4 Å². The standard InChI is InChI=1S/C20H21N3S/c1-2-11-22-12-14-23(15-13-22)20-16-7-3-5-9-18(16)24-19-10-6-4-8-17(19)21-20/h2-11H,12-15H2,1H3/b11-2-. The van der Waals surface area contributed by atoms with Gasteiger partial charge in [-0.15, -0.1) is 0 Å². The lowest BCUT2D eigenvalue weighted by Gasteiger charge is -2.36. The van der Waals surface area contributed by atoms with Crippen LogP contribution in [0.2, 0.25) is 0 Å². The smallest absolute Gasteiger partial charge is 0.137 e. The van der Waals surface area contributed by atoms with Gasteiger partial charge in [0.25, 0.3) is 0 Å². The Morgan fingerprint density at radius 3 is 2.42 bits per heavy atom. The molecule has 2 aromatic carbocycles. The Kier molecular flexibility index (Phi) is 4.30. The number of piperazine rings is 1. The van der Waals surface area contributed by atoms with E-state index >= 15 is 0 Å². The first-order valence-corrected chi connectivity index (χ1v) is 9.23. The second kappa shape index (κ2) is 6.73. The lowest BCUT2D eigenvalue weighted by Crippen LogP contribution is -2.47. The molecule has 0 saturated carbocycles. The zero-order chi connectivity index (χ0) is 16.4. The molecular weight excluding hydrogens is 314 g/mol.